The minimum atomic E-state index is -0.166. The fraction of sp³-hybridized carbons (Fsp3) is 0. The molecule has 5 rings (SSSR count). The van der Waals surface area contributed by atoms with Gasteiger partial charge in [0.1, 0.15) is 5.58 Å². The fourth-order valence-electron chi connectivity index (χ4n) is 3.23. The number of nitrogen functional groups attached to an aromatic ring is 1. The zero-order chi connectivity index (χ0) is 14.1. The number of nitrogens with two attached hydrogens (primary N) is 1. The average molecular weight is 274 g/mol. The highest BCUT2D eigenvalue weighted by Crippen LogP contribution is 2.44. The van der Waals surface area contributed by atoms with Gasteiger partial charge in [-0.15, -0.1) is 0 Å². The Kier molecular flexibility index (Phi) is 1.72. The number of hydrogen-bond acceptors (Lipinski definition) is 3. The highest BCUT2D eigenvalue weighted by Gasteiger charge is 2.28. The highest BCUT2D eigenvalue weighted by atomic mass is 16.3. The van der Waals surface area contributed by atoms with Crippen LogP contribution in [0.3, 0.4) is 0 Å². The molecule has 0 unspecified atom stereocenters. The number of amides is 1. The predicted octanol–water partition coefficient (Wildman–Crippen LogP) is 3.89. The minimum absolute atomic E-state index is 0.166. The quantitative estimate of drug-likeness (QED) is 0.478. The molecule has 1 amide bonds. The molecule has 4 heteroatoms. The Balaban J connectivity index is 2.11. The normalized spacial score (nSPS) is 13.4. The van der Waals surface area contributed by atoms with Crippen molar-refractivity contribution in [2.75, 3.05) is 11.1 Å². The molecule has 1 aromatic heterocycles. The summed E-state index contributed by atoms with van der Waals surface area (Å²) in [7, 11) is 0. The van der Waals surface area contributed by atoms with Gasteiger partial charge in [0.15, 0.2) is 5.58 Å². The lowest BCUT2D eigenvalue weighted by Crippen LogP contribution is -2.06. The molecule has 4 nitrogen and oxygen atoms in total. The van der Waals surface area contributed by atoms with Crippen molar-refractivity contribution in [1.82, 2.24) is 0 Å². The van der Waals surface area contributed by atoms with Gasteiger partial charge in [-0.3, -0.25) is 4.79 Å². The summed E-state index contributed by atoms with van der Waals surface area (Å²) in [5, 5.41) is 6.80. The molecule has 3 N–H and O–H groups in total. The third-order valence-electron chi connectivity index (χ3n) is 4.15. The number of carbonyl (C=O) groups is 1. The van der Waals surface area contributed by atoms with Crippen LogP contribution in [0, 0.1) is 0 Å². The van der Waals surface area contributed by atoms with Crippen molar-refractivity contribution in [3.8, 4) is 0 Å². The summed E-state index contributed by atoms with van der Waals surface area (Å²) >= 11 is 0. The summed E-state index contributed by atoms with van der Waals surface area (Å²) < 4.78 is 5.95. The third-order valence-corrected chi connectivity index (χ3v) is 4.15. The highest BCUT2D eigenvalue weighted by molar-refractivity contribution is 6.32. The summed E-state index contributed by atoms with van der Waals surface area (Å²) in [6.45, 7) is 0. The summed E-state index contributed by atoms with van der Waals surface area (Å²) in [5.74, 6) is -0.166. The first-order valence-electron chi connectivity index (χ1n) is 6.72. The molecule has 0 aliphatic carbocycles. The van der Waals surface area contributed by atoms with Crippen LogP contribution in [0.5, 0.6) is 0 Å². The second-order valence-electron chi connectivity index (χ2n) is 5.31. The van der Waals surface area contributed by atoms with Gasteiger partial charge in [0.25, 0.3) is 5.91 Å². The lowest BCUT2D eigenvalue weighted by atomic mass is 10.0. The molecule has 2 heterocycles. The third kappa shape index (κ3) is 1.18. The smallest absolute Gasteiger partial charge is 0.258 e. The summed E-state index contributed by atoms with van der Waals surface area (Å²) in [6.07, 6.45) is 0. The molecule has 21 heavy (non-hydrogen) atoms. The Bertz CT molecular complexity index is 1090. The maximum atomic E-state index is 12.2. The Labute approximate surface area is 119 Å². The number of fused-ring (bicyclic) bond motifs is 4. The second-order valence-corrected chi connectivity index (χ2v) is 5.31. The topological polar surface area (TPSA) is 68.3 Å². The monoisotopic (exact) mass is 274 g/mol. The number of benzene rings is 3. The first kappa shape index (κ1) is 10.7. The van der Waals surface area contributed by atoms with Gasteiger partial charge in [-0.25, -0.2) is 0 Å². The van der Waals surface area contributed by atoms with E-state index in [0.717, 1.165) is 32.8 Å². The van der Waals surface area contributed by atoms with Crippen molar-refractivity contribution < 1.29 is 9.21 Å². The Morgan fingerprint density at radius 2 is 1.90 bits per heavy atom. The van der Waals surface area contributed by atoms with Crippen molar-refractivity contribution in [2.45, 2.75) is 0 Å². The lowest BCUT2D eigenvalue weighted by molar-refractivity contribution is 0.103. The number of rotatable bonds is 0. The van der Waals surface area contributed by atoms with Gasteiger partial charge >= 0.3 is 0 Å². The molecule has 0 atom stereocenters. The van der Waals surface area contributed by atoms with Crippen LogP contribution in [0.15, 0.2) is 46.9 Å². The van der Waals surface area contributed by atoms with Gasteiger partial charge in [0, 0.05) is 21.8 Å². The van der Waals surface area contributed by atoms with Gasteiger partial charge in [-0.05, 0) is 23.6 Å². The maximum absolute atomic E-state index is 12.2. The summed E-state index contributed by atoms with van der Waals surface area (Å²) in [6, 6.07) is 13.6. The van der Waals surface area contributed by atoms with E-state index in [9.17, 15) is 4.79 Å². The van der Waals surface area contributed by atoms with Crippen LogP contribution in [-0.2, 0) is 0 Å². The lowest BCUT2D eigenvalue weighted by Gasteiger charge is -2.03. The van der Waals surface area contributed by atoms with Crippen molar-refractivity contribution >= 4 is 50.0 Å². The van der Waals surface area contributed by atoms with Gasteiger partial charge in [0.2, 0.25) is 0 Å². The first-order valence-corrected chi connectivity index (χ1v) is 6.72. The molecule has 1 aliphatic heterocycles. The molecule has 1 aliphatic rings. The van der Waals surface area contributed by atoms with Crippen molar-refractivity contribution in [1.29, 1.82) is 0 Å². The molecular weight excluding hydrogens is 264 g/mol. The summed E-state index contributed by atoms with van der Waals surface area (Å²) in [4.78, 5) is 12.2. The minimum Gasteiger partial charge on any atom is -0.454 e. The molecule has 0 radical (unpaired) electrons. The molecule has 3 aromatic carbocycles. The van der Waals surface area contributed by atoms with Crippen LogP contribution >= 0.6 is 0 Å². The van der Waals surface area contributed by atoms with E-state index in [2.05, 4.69) is 11.4 Å². The van der Waals surface area contributed by atoms with E-state index in [0.29, 0.717) is 16.8 Å². The van der Waals surface area contributed by atoms with Crippen LogP contribution in [-0.4, -0.2) is 5.91 Å². The van der Waals surface area contributed by atoms with Crippen LogP contribution in [0.2, 0.25) is 0 Å². The van der Waals surface area contributed by atoms with E-state index in [1.807, 2.05) is 30.3 Å². The van der Waals surface area contributed by atoms with Gasteiger partial charge in [-0.1, -0.05) is 24.3 Å². The number of anilines is 2. The van der Waals surface area contributed by atoms with E-state index < -0.39 is 0 Å². The van der Waals surface area contributed by atoms with Crippen LogP contribution < -0.4 is 11.1 Å². The van der Waals surface area contributed by atoms with E-state index >= 15 is 0 Å². The molecule has 0 spiro atoms. The van der Waals surface area contributed by atoms with E-state index in [4.69, 9.17) is 10.2 Å². The van der Waals surface area contributed by atoms with Crippen LogP contribution in [0.4, 0.5) is 11.4 Å². The van der Waals surface area contributed by atoms with Crippen molar-refractivity contribution in [3.05, 3.63) is 48.0 Å². The number of furan rings is 1. The molecular formula is C17H10N2O2. The zero-order valence-corrected chi connectivity index (χ0v) is 10.9. The van der Waals surface area contributed by atoms with Gasteiger partial charge in [0.05, 0.1) is 11.3 Å². The van der Waals surface area contributed by atoms with Gasteiger partial charge in [-0.2, -0.15) is 0 Å². The number of carbonyl (C=O) groups excluding carboxylic acids is 1. The summed E-state index contributed by atoms with van der Waals surface area (Å²) in [5.41, 5.74) is 9.24. The maximum Gasteiger partial charge on any atom is 0.258 e. The molecule has 4 aromatic rings. The largest absolute Gasteiger partial charge is 0.454 e. The van der Waals surface area contributed by atoms with E-state index in [1.165, 1.54) is 0 Å². The van der Waals surface area contributed by atoms with Gasteiger partial charge < -0.3 is 15.5 Å². The number of nitrogens with one attached hydrogen (secondary N) is 1. The molecule has 0 bridgehead atoms. The predicted molar refractivity (Wildman–Crippen MR) is 83.6 cm³/mol. The second kappa shape index (κ2) is 3.35. The van der Waals surface area contributed by atoms with Crippen molar-refractivity contribution in [3.63, 3.8) is 0 Å². The Hall–Kier alpha value is -3.01. The molecule has 0 saturated carbocycles. The SMILES string of the molecule is Nc1ccc2cc3c(oc4ccccc43)c3c2c1C(=O)N3. The van der Waals surface area contributed by atoms with Crippen LogP contribution in [0.25, 0.3) is 32.7 Å². The number of hydrogen-bond donors (Lipinski definition) is 2. The standard InChI is InChI=1S/C17H10N2O2/c18-11-6-5-8-7-10-9-3-1-2-4-12(9)21-16(10)15-13(8)14(11)17(20)19-15/h1-7H,18H2,(H,19,20). The average Bonchev–Trinajstić information content (AvgIpc) is 3.02. The zero-order valence-electron chi connectivity index (χ0n) is 10.9. The first-order chi connectivity index (χ1) is 10.2. The number of para-hydroxylation sites is 1. The van der Waals surface area contributed by atoms with Crippen molar-refractivity contribution in [2.24, 2.45) is 0 Å². The fourth-order valence-corrected chi connectivity index (χ4v) is 3.23. The molecule has 0 fully saturated rings. The van der Waals surface area contributed by atoms with Crippen LogP contribution in [0.1, 0.15) is 10.4 Å². The Morgan fingerprint density at radius 1 is 1.05 bits per heavy atom. The Morgan fingerprint density at radius 3 is 2.81 bits per heavy atom. The van der Waals surface area contributed by atoms with E-state index in [1.54, 1.807) is 6.07 Å². The molecule has 100 valence electrons. The van der Waals surface area contributed by atoms with E-state index in [-0.39, 0.29) is 5.91 Å². The molecule has 0 saturated heterocycles.